The molecule has 0 bridgehead atoms. The van der Waals surface area contributed by atoms with Crippen molar-refractivity contribution in [2.45, 2.75) is 30.7 Å². The molecule has 2 aromatic carbocycles. The molecule has 1 saturated carbocycles. The maximum atomic E-state index is 12.2. The second kappa shape index (κ2) is 6.28. The first kappa shape index (κ1) is 16.3. The predicted octanol–water partition coefficient (Wildman–Crippen LogP) is 3.70. The first-order valence-electron chi connectivity index (χ1n) is 8.41. The van der Waals surface area contributed by atoms with Gasteiger partial charge < -0.3 is 0 Å². The van der Waals surface area contributed by atoms with Crippen molar-refractivity contribution < 1.29 is 12.6 Å². The fourth-order valence-corrected chi connectivity index (χ4v) is 4.26. The summed E-state index contributed by atoms with van der Waals surface area (Å²) in [5.41, 5.74) is 2.14. The van der Waals surface area contributed by atoms with Crippen LogP contribution in [-0.4, -0.2) is 24.8 Å². The van der Waals surface area contributed by atoms with Gasteiger partial charge in [0.2, 0.25) is 0 Å². The van der Waals surface area contributed by atoms with Crippen LogP contribution in [0.3, 0.4) is 0 Å². The number of rotatable bonds is 5. The van der Waals surface area contributed by atoms with Crippen LogP contribution in [0.5, 0.6) is 0 Å². The quantitative estimate of drug-likeness (QED) is 0.654. The lowest BCUT2D eigenvalue weighted by molar-refractivity contribution is 0.123. The lowest BCUT2D eigenvalue weighted by Gasteiger charge is -2.35. The topological polar surface area (TPSA) is 61.2 Å². The minimum Gasteiger partial charge on any atom is -0.266 e. The van der Waals surface area contributed by atoms with E-state index in [1.807, 2.05) is 36.0 Å². The molecule has 0 N–H and O–H groups in total. The van der Waals surface area contributed by atoms with Gasteiger partial charge in [-0.25, -0.2) is 0 Å². The molecule has 0 atom stereocenters. The molecule has 1 aliphatic rings. The fourth-order valence-electron chi connectivity index (χ4n) is 3.28. The number of aryl methyl sites for hydroxylation is 1. The Morgan fingerprint density at radius 1 is 1.12 bits per heavy atom. The molecular weight excluding hydrogens is 336 g/mol. The number of hydrogen-bond acceptors (Lipinski definition) is 4. The molecule has 1 heterocycles. The predicted molar refractivity (Wildman–Crippen MR) is 95.8 cm³/mol. The summed E-state index contributed by atoms with van der Waals surface area (Å²) in [4.78, 5) is 0.215. The van der Waals surface area contributed by atoms with Crippen LogP contribution >= 0.6 is 0 Å². The zero-order chi connectivity index (χ0) is 17.4. The standard InChI is InChI=1S/C19H20N2O3S/c1-14-6-8-18(9-7-14)25(22,23)24-13-15-10-17(11-15)21-19-5-3-2-4-16(19)12-20-21/h2-9,12,15,17H,10-11,13H2,1H3. The van der Waals surface area contributed by atoms with Gasteiger partial charge in [0.05, 0.1) is 29.3 Å². The van der Waals surface area contributed by atoms with E-state index in [1.54, 1.807) is 24.3 Å². The SMILES string of the molecule is Cc1ccc(S(=O)(=O)OCC2CC(n3ncc4ccccc43)C2)cc1. The molecule has 0 spiro atoms. The minimum atomic E-state index is -3.68. The molecule has 0 aliphatic heterocycles. The van der Waals surface area contributed by atoms with E-state index >= 15 is 0 Å². The van der Waals surface area contributed by atoms with E-state index in [9.17, 15) is 8.42 Å². The zero-order valence-corrected chi connectivity index (χ0v) is 14.8. The van der Waals surface area contributed by atoms with Crippen molar-refractivity contribution in [2.24, 2.45) is 5.92 Å². The molecule has 0 saturated heterocycles. The van der Waals surface area contributed by atoms with Crippen molar-refractivity contribution in [3.8, 4) is 0 Å². The Bertz CT molecular complexity index is 987. The highest BCUT2D eigenvalue weighted by Gasteiger charge is 2.33. The van der Waals surface area contributed by atoms with Crippen LogP contribution in [0.4, 0.5) is 0 Å². The normalized spacial score (nSPS) is 20.5. The van der Waals surface area contributed by atoms with Crippen LogP contribution in [0.15, 0.2) is 59.6 Å². The van der Waals surface area contributed by atoms with Gasteiger partial charge >= 0.3 is 0 Å². The van der Waals surface area contributed by atoms with Gasteiger partial charge in [-0.1, -0.05) is 35.9 Å². The molecule has 1 aromatic heterocycles. The molecule has 1 aliphatic carbocycles. The molecule has 0 radical (unpaired) electrons. The third-order valence-corrected chi connectivity index (χ3v) is 6.13. The first-order valence-corrected chi connectivity index (χ1v) is 9.82. The van der Waals surface area contributed by atoms with Crippen LogP contribution < -0.4 is 0 Å². The van der Waals surface area contributed by atoms with Gasteiger partial charge in [0.1, 0.15) is 0 Å². The van der Waals surface area contributed by atoms with Crippen LogP contribution in [-0.2, 0) is 14.3 Å². The monoisotopic (exact) mass is 356 g/mol. The number of hydrogen-bond donors (Lipinski definition) is 0. The van der Waals surface area contributed by atoms with Gasteiger partial charge in [-0.05, 0) is 43.9 Å². The number of para-hydroxylation sites is 1. The van der Waals surface area contributed by atoms with Crippen molar-refractivity contribution in [3.05, 3.63) is 60.3 Å². The van der Waals surface area contributed by atoms with Crippen LogP contribution in [0, 0.1) is 12.8 Å². The van der Waals surface area contributed by atoms with Crippen molar-refractivity contribution in [2.75, 3.05) is 6.61 Å². The Kier molecular flexibility index (Phi) is 4.09. The largest absolute Gasteiger partial charge is 0.296 e. The van der Waals surface area contributed by atoms with E-state index in [-0.39, 0.29) is 17.4 Å². The van der Waals surface area contributed by atoms with Crippen LogP contribution in [0.1, 0.15) is 24.4 Å². The Hall–Kier alpha value is -2.18. The summed E-state index contributed by atoms with van der Waals surface area (Å²) in [5.74, 6) is 0.244. The van der Waals surface area contributed by atoms with E-state index in [2.05, 4.69) is 11.2 Å². The maximum Gasteiger partial charge on any atom is 0.296 e. The Morgan fingerprint density at radius 3 is 2.60 bits per heavy atom. The van der Waals surface area contributed by atoms with E-state index in [0.29, 0.717) is 6.04 Å². The second-order valence-corrected chi connectivity index (χ2v) is 8.31. The van der Waals surface area contributed by atoms with Gasteiger partial charge in [0.15, 0.2) is 0 Å². The molecule has 5 nitrogen and oxygen atoms in total. The number of benzene rings is 2. The second-order valence-electron chi connectivity index (χ2n) is 6.69. The lowest BCUT2D eigenvalue weighted by atomic mass is 9.81. The average molecular weight is 356 g/mol. The summed E-state index contributed by atoms with van der Waals surface area (Å²) in [6.45, 7) is 2.15. The molecule has 4 rings (SSSR count). The zero-order valence-electron chi connectivity index (χ0n) is 14.0. The molecule has 0 amide bonds. The molecule has 1 fully saturated rings. The number of fused-ring (bicyclic) bond motifs is 1. The average Bonchev–Trinajstić information content (AvgIpc) is 2.98. The summed E-state index contributed by atoms with van der Waals surface area (Å²) in [7, 11) is -3.68. The molecule has 130 valence electrons. The summed E-state index contributed by atoms with van der Waals surface area (Å²) in [6.07, 6.45) is 3.64. The molecule has 25 heavy (non-hydrogen) atoms. The molecule has 0 unspecified atom stereocenters. The van der Waals surface area contributed by atoms with Gasteiger partial charge in [-0.3, -0.25) is 8.86 Å². The summed E-state index contributed by atoms with van der Waals surface area (Å²) in [5, 5.41) is 5.60. The van der Waals surface area contributed by atoms with Crippen molar-refractivity contribution in [3.63, 3.8) is 0 Å². The fraction of sp³-hybridized carbons (Fsp3) is 0.316. The van der Waals surface area contributed by atoms with Gasteiger partial charge in [0, 0.05) is 5.39 Å². The van der Waals surface area contributed by atoms with E-state index in [4.69, 9.17) is 4.18 Å². The summed E-state index contributed by atoms with van der Waals surface area (Å²) >= 11 is 0. The summed E-state index contributed by atoms with van der Waals surface area (Å²) in [6, 6.07) is 15.2. The van der Waals surface area contributed by atoms with Crippen LogP contribution in [0.25, 0.3) is 10.9 Å². The van der Waals surface area contributed by atoms with E-state index in [0.717, 1.165) is 29.3 Å². The first-order chi connectivity index (χ1) is 12.0. The molecule has 3 aromatic rings. The van der Waals surface area contributed by atoms with Gasteiger partial charge in [0.25, 0.3) is 10.1 Å². The number of nitrogens with zero attached hydrogens (tertiary/aromatic N) is 2. The highest BCUT2D eigenvalue weighted by atomic mass is 32.2. The van der Waals surface area contributed by atoms with E-state index in [1.165, 1.54) is 0 Å². The molecule has 6 heteroatoms. The Morgan fingerprint density at radius 2 is 1.84 bits per heavy atom. The van der Waals surface area contributed by atoms with Crippen molar-refractivity contribution in [1.29, 1.82) is 0 Å². The third-order valence-electron chi connectivity index (χ3n) is 4.83. The van der Waals surface area contributed by atoms with Crippen molar-refractivity contribution >= 4 is 21.0 Å². The minimum absolute atomic E-state index is 0.215. The highest BCUT2D eigenvalue weighted by molar-refractivity contribution is 7.86. The van der Waals surface area contributed by atoms with Crippen LogP contribution in [0.2, 0.25) is 0 Å². The number of aromatic nitrogens is 2. The maximum absolute atomic E-state index is 12.2. The lowest BCUT2D eigenvalue weighted by Crippen LogP contribution is -2.31. The highest BCUT2D eigenvalue weighted by Crippen LogP contribution is 2.39. The summed E-state index contributed by atoms with van der Waals surface area (Å²) < 4.78 is 31.8. The Balaban J connectivity index is 1.36. The van der Waals surface area contributed by atoms with Gasteiger partial charge in [-0.2, -0.15) is 13.5 Å². The van der Waals surface area contributed by atoms with Crippen molar-refractivity contribution in [1.82, 2.24) is 9.78 Å². The van der Waals surface area contributed by atoms with Gasteiger partial charge in [-0.15, -0.1) is 0 Å². The molecular formula is C19H20N2O3S. The van der Waals surface area contributed by atoms with E-state index < -0.39 is 10.1 Å². The third kappa shape index (κ3) is 3.19. The smallest absolute Gasteiger partial charge is 0.266 e. The Labute approximate surface area is 147 Å².